The van der Waals surface area contributed by atoms with Crippen molar-refractivity contribution in [3.05, 3.63) is 24.0 Å². The minimum Gasteiger partial charge on any atom is -0.496 e. The van der Waals surface area contributed by atoms with E-state index in [9.17, 15) is 4.79 Å². The lowest BCUT2D eigenvalue weighted by molar-refractivity contribution is 0.0557. The lowest BCUT2D eigenvalue weighted by atomic mass is 10.2. The first kappa shape index (κ1) is 9.51. The standard InChI is InChI=1S/C10H9NO4/c1-13-7-5-3-4-6-8(7)9(15-11-6)10(12)14-2/h3-5H,1-2H3. The highest BCUT2D eigenvalue weighted by atomic mass is 16.5. The number of benzene rings is 1. The average molecular weight is 207 g/mol. The molecule has 0 saturated carbocycles. The summed E-state index contributed by atoms with van der Waals surface area (Å²) in [5.41, 5.74) is 0.565. The zero-order valence-corrected chi connectivity index (χ0v) is 8.31. The molecule has 1 aromatic carbocycles. The molecular weight excluding hydrogens is 198 g/mol. The molecule has 0 unspecified atom stereocenters. The fourth-order valence-electron chi connectivity index (χ4n) is 1.37. The second-order valence-electron chi connectivity index (χ2n) is 2.86. The van der Waals surface area contributed by atoms with E-state index in [2.05, 4.69) is 9.89 Å². The average Bonchev–Trinajstić information content (AvgIpc) is 2.71. The summed E-state index contributed by atoms with van der Waals surface area (Å²) in [6.45, 7) is 0. The van der Waals surface area contributed by atoms with Gasteiger partial charge in [0.05, 0.1) is 19.6 Å². The van der Waals surface area contributed by atoms with Crippen LogP contribution in [0.3, 0.4) is 0 Å². The lowest BCUT2D eigenvalue weighted by Gasteiger charge is -2.00. The van der Waals surface area contributed by atoms with Crippen LogP contribution in [0.25, 0.3) is 10.9 Å². The Morgan fingerprint density at radius 3 is 2.87 bits per heavy atom. The van der Waals surface area contributed by atoms with Gasteiger partial charge in [0.1, 0.15) is 11.3 Å². The van der Waals surface area contributed by atoms with E-state index in [4.69, 9.17) is 9.26 Å². The molecule has 1 heterocycles. The van der Waals surface area contributed by atoms with Crippen molar-refractivity contribution in [1.29, 1.82) is 0 Å². The quantitative estimate of drug-likeness (QED) is 0.700. The van der Waals surface area contributed by atoms with Crippen molar-refractivity contribution in [3.63, 3.8) is 0 Å². The van der Waals surface area contributed by atoms with E-state index >= 15 is 0 Å². The van der Waals surface area contributed by atoms with Crippen molar-refractivity contribution in [2.75, 3.05) is 14.2 Å². The first-order chi connectivity index (χ1) is 7.27. The van der Waals surface area contributed by atoms with Crippen LogP contribution in [0.5, 0.6) is 5.75 Å². The molecule has 0 aliphatic carbocycles. The van der Waals surface area contributed by atoms with Crippen LogP contribution >= 0.6 is 0 Å². The number of rotatable bonds is 2. The van der Waals surface area contributed by atoms with Crippen molar-refractivity contribution in [2.24, 2.45) is 0 Å². The number of hydrogen-bond acceptors (Lipinski definition) is 5. The summed E-state index contributed by atoms with van der Waals surface area (Å²) in [4.78, 5) is 11.3. The number of aromatic nitrogens is 1. The minimum absolute atomic E-state index is 0.0601. The van der Waals surface area contributed by atoms with E-state index in [1.807, 2.05) is 0 Å². The van der Waals surface area contributed by atoms with Gasteiger partial charge in [-0.05, 0) is 12.1 Å². The van der Waals surface area contributed by atoms with Gasteiger partial charge >= 0.3 is 5.97 Å². The van der Waals surface area contributed by atoms with Crippen molar-refractivity contribution in [1.82, 2.24) is 5.16 Å². The second-order valence-corrected chi connectivity index (χ2v) is 2.86. The Morgan fingerprint density at radius 2 is 2.20 bits per heavy atom. The third-order valence-corrected chi connectivity index (χ3v) is 2.06. The molecule has 2 rings (SSSR count). The van der Waals surface area contributed by atoms with E-state index < -0.39 is 5.97 Å². The van der Waals surface area contributed by atoms with Crippen LogP contribution in [0.15, 0.2) is 22.7 Å². The zero-order chi connectivity index (χ0) is 10.8. The molecule has 0 radical (unpaired) electrons. The highest BCUT2D eigenvalue weighted by Gasteiger charge is 2.20. The molecule has 0 saturated heterocycles. The third kappa shape index (κ3) is 1.41. The van der Waals surface area contributed by atoms with E-state index in [0.717, 1.165) is 0 Å². The number of carbonyl (C=O) groups is 1. The van der Waals surface area contributed by atoms with Crippen molar-refractivity contribution in [2.45, 2.75) is 0 Å². The normalized spacial score (nSPS) is 10.3. The number of methoxy groups -OCH3 is 2. The number of esters is 1. The summed E-state index contributed by atoms with van der Waals surface area (Å²) in [6.07, 6.45) is 0. The van der Waals surface area contributed by atoms with Crippen LogP contribution in [0.4, 0.5) is 0 Å². The van der Waals surface area contributed by atoms with Gasteiger partial charge in [-0.25, -0.2) is 4.79 Å². The fourth-order valence-corrected chi connectivity index (χ4v) is 1.37. The molecule has 0 amide bonds. The van der Waals surface area contributed by atoms with Crippen LogP contribution in [0, 0.1) is 0 Å². The van der Waals surface area contributed by atoms with Gasteiger partial charge in [-0.2, -0.15) is 0 Å². The molecule has 0 fully saturated rings. The van der Waals surface area contributed by atoms with Gasteiger partial charge in [0.15, 0.2) is 0 Å². The van der Waals surface area contributed by atoms with E-state index in [0.29, 0.717) is 16.7 Å². The van der Waals surface area contributed by atoms with Gasteiger partial charge in [-0.3, -0.25) is 0 Å². The Bertz CT molecular complexity index is 503. The molecular formula is C10H9NO4. The predicted molar refractivity (Wildman–Crippen MR) is 51.9 cm³/mol. The molecule has 5 heteroatoms. The number of fused-ring (bicyclic) bond motifs is 1. The summed E-state index contributed by atoms with van der Waals surface area (Å²) in [7, 11) is 2.80. The maximum Gasteiger partial charge on any atom is 0.377 e. The van der Waals surface area contributed by atoms with Crippen LogP contribution in [0.1, 0.15) is 10.6 Å². The number of nitrogens with zero attached hydrogens (tertiary/aromatic N) is 1. The first-order valence-electron chi connectivity index (χ1n) is 4.28. The second kappa shape index (κ2) is 3.61. The number of hydrogen-bond donors (Lipinski definition) is 0. The van der Waals surface area contributed by atoms with Crippen LogP contribution in [-0.4, -0.2) is 25.3 Å². The SMILES string of the molecule is COC(=O)c1onc2cccc(OC)c12. The minimum atomic E-state index is -0.568. The monoisotopic (exact) mass is 207 g/mol. The highest BCUT2D eigenvalue weighted by Crippen LogP contribution is 2.28. The molecule has 0 aliphatic heterocycles. The molecule has 2 aromatic rings. The number of ether oxygens (including phenoxy) is 2. The van der Waals surface area contributed by atoms with Gasteiger partial charge < -0.3 is 14.0 Å². The van der Waals surface area contributed by atoms with Gasteiger partial charge in [0.2, 0.25) is 0 Å². The van der Waals surface area contributed by atoms with Crippen LogP contribution < -0.4 is 4.74 Å². The molecule has 0 N–H and O–H groups in total. The number of carbonyl (C=O) groups excluding carboxylic acids is 1. The molecule has 0 atom stereocenters. The summed E-state index contributed by atoms with van der Waals surface area (Å²) < 4.78 is 14.6. The Labute approximate surface area is 85.6 Å². The van der Waals surface area contributed by atoms with E-state index in [-0.39, 0.29) is 5.76 Å². The first-order valence-corrected chi connectivity index (χ1v) is 4.28. The van der Waals surface area contributed by atoms with Crippen molar-refractivity contribution >= 4 is 16.9 Å². The Kier molecular flexibility index (Phi) is 2.29. The Balaban J connectivity index is 2.71. The van der Waals surface area contributed by atoms with Crippen LogP contribution in [0.2, 0.25) is 0 Å². The molecule has 15 heavy (non-hydrogen) atoms. The van der Waals surface area contributed by atoms with Gasteiger partial charge in [0, 0.05) is 0 Å². The Hall–Kier alpha value is -2.04. The Morgan fingerprint density at radius 1 is 1.40 bits per heavy atom. The predicted octanol–water partition coefficient (Wildman–Crippen LogP) is 1.62. The topological polar surface area (TPSA) is 61.6 Å². The summed E-state index contributed by atoms with van der Waals surface area (Å²) >= 11 is 0. The fraction of sp³-hybridized carbons (Fsp3) is 0.200. The maximum atomic E-state index is 11.3. The smallest absolute Gasteiger partial charge is 0.377 e. The molecule has 0 aliphatic rings. The van der Waals surface area contributed by atoms with Gasteiger partial charge in [-0.1, -0.05) is 11.2 Å². The highest BCUT2D eigenvalue weighted by molar-refractivity contribution is 6.03. The molecule has 78 valence electrons. The lowest BCUT2D eigenvalue weighted by Crippen LogP contribution is -2.00. The molecule has 0 spiro atoms. The van der Waals surface area contributed by atoms with E-state index in [1.165, 1.54) is 14.2 Å². The van der Waals surface area contributed by atoms with Gasteiger partial charge in [0.25, 0.3) is 5.76 Å². The third-order valence-electron chi connectivity index (χ3n) is 2.06. The summed E-state index contributed by atoms with van der Waals surface area (Å²) in [5, 5.41) is 4.27. The van der Waals surface area contributed by atoms with Crippen molar-refractivity contribution in [3.8, 4) is 5.75 Å². The zero-order valence-electron chi connectivity index (χ0n) is 8.31. The molecule has 0 bridgehead atoms. The van der Waals surface area contributed by atoms with Gasteiger partial charge in [-0.15, -0.1) is 0 Å². The molecule has 1 aromatic heterocycles. The van der Waals surface area contributed by atoms with E-state index in [1.54, 1.807) is 18.2 Å². The molecule has 5 nitrogen and oxygen atoms in total. The summed E-state index contributed by atoms with van der Waals surface area (Å²) in [6, 6.07) is 5.23. The van der Waals surface area contributed by atoms with Crippen molar-refractivity contribution < 1.29 is 18.8 Å². The van der Waals surface area contributed by atoms with Crippen LogP contribution in [-0.2, 0) is 4.74 Å². The largest absolute Gasteiger partial charge is 0.496 e. The summed E-state index contributed by atoms with van der Waals surface area (Å²) in [5.74, 6) is 0.0288. The maximum absolute atomic E-state index is 11.3.